The summed E-state index contributed by atoms with van der Waals surface area (Å²) in [6.07, 6.45) is 0. The first-order valence-electron chi connectivity index (χ1n) is 6.35. The Kier molecular flexibility index (Phi) is 2.49. The molecule has 0 aliphatic carbocycles. The molecule has 1 saturated heterocycles. The molecular formula is C14H20N2. The van der Waals surface area contributed by atoms with E-state index in [9.17, 15) is 0 Å². The summed E-state index contributed by atoms with van der Waals surface area (Å²) >= 11 is 0. The molecule has 2 unspecified atom stereocenters. The van der Waals surface area contributed by atoms with Crippen LogP contribution in [-0.2, 0) is 6.54 Å². The molecule has 1 aromatic carbocycles. The summed E-state index contributed by atoms with van der Waals surface area (Å²) in [4.78, 5) is 5.24. The molecule has 2 heteroatoms. The van der Waals surface area contributed by atoms with Crippen LogP contribution in [0.2, 0.25) is 0 Å². The molecule has 86 valence electrons. The van der Waals surface area contributed by atoms with Crippen LogP contribution in [0, 0.1) is 0 Å². The number of hydrogen-bond donors (Lipinski definition) is 0. The lowest BCUT2D eigenvalue weighted by atomic mass is 10.0. The van der Waals surface area contributed by atoms with Gasteiger partial charge in [-0.25, -0.2) is 0 Å². The molecule has 2 heterocycles. The summed E-state index contributed by atoms with van der Waals surface area (Å²) in [6.45, 7) is 9.37. The first-order chi connectivity index (χ1) is 7.79. The Hall–Kier alpha value is -0.860. The smallest absolute Gasteiger partial charge is 0.0482 e. The molecule has 16 heavy (non-hydrogen) atoms. The van der Waals surface area contributed by atoms with Gasteiger partial charge in [0, 0.05) is 31.7 Å². The van der Waals surface area contributed by atoms with E-state index in [-0.39, 0.29) is 0 Å². The monoisotopic (exact) mass is 216 g/mol. The van der Waals surface area contributed by atoms with Crippen molar-refractivity contribution in [3.8, 4) is 0 Å². The largest absolute Gasteiger partial charge is 0.298 e. The molecule has 2 nitrogen and oxygen atoms in total. The number of nitrogens with zero attached hydrogens (tertiary/aromatic N) is 2. The van der Waals surface area contributed by atoms with Gasteiger partial charge in [0.1, 0.15) is 0 Å². The van der Waals surface area contributed by atoms with Gasteiger partial charge in [-0.2, -0.15) is 0 Å². The van der Waals surface area contributed by atoms with Crippen LogP contribution >= 0.6 is 0 Å². The summed E-state index contributed by atoms with van der Waals surface area (Å²) in [5.41, 5.74) is 3.10. The van der Waals surface area contributed by atoms with Gasteiger partial charge in [0.15, 0.2) is 0 Å². The van der Waals surface area contributed by atoms with Crippen molar-refractivity contribution >= 4 is 0 Å². The zero-order chi connectivity index (χ0) is 11.1. The minimum Gasteiger partial charge on any atom is -0.298 e. The van der Waals surface area contributed by atoms with E-state index in [4.69, 9.17) is 0 Å². The Balaban J connectivity index is 1.90. The number of rotatable bonds is 1. The molecule has 1 aromatic rings. The number of likely N-dealkylation sites (N-methyl/N-ethyl adjacent to an activating group) is 1. The molecule has 3 rings (SSSR count). The van der Waals surface area contributed by atoms with Gasteiger partial charge in [-0.15, -0.1) is 0 Å². The van der Waals surface area contributed by atoms with Crippen molar-refractivity contribution in [3.05, 3.63) is 35.4 Å². The fourth-order valence-electron chi connectivity index (χ4n) is 3.23. The molecular weight excluding hydrogens is 196 g/mol. The van der Waals surface area contributed by atoms with Crippen molar-refractivity contribution in [2.45, 2.75) is 32.5 Å². The van der Waals surface area contributed by atoms with E-state index in [1.54, 1.807) is 5.56 Å². The van der Waals surface area contributed by atoms with E-state index in [1.807, 2.05) is 0 Å². The lowest BCUT2D eigenvalue weighted by Gasteiger charge is -2.42. The fraction of sp³-hybridized carbons (Fsp3) is 0.571. The molecule has 1 fully saturated rings. The third kappa shape index (κ3) is 1.48. The van der Waals surface area contributed by atoms with Gasteiger partial charge < -0.3 is 0 Å². The Labute approximate surface area is 97.9 Å². The fourth-order valence-corrected chi connectivity index (χ4v) is 3.23. The van der Waals surface area contributed by atoms with E-state index in [2.05, 4.69) is 47.9 Å². The van der Waals surface area contributed by atoms with Crippen LogP contribution in [0.15, 0.2) is 24.3 Å². The van der Waals surface area contributed by atoms with Crippen molar-refractivity contribution in [3.63, 3.8) is 0 Å². The highest BCUT2D eigenvalue weighted by atomic mass is 15.3. The van der Waals surface area contributed by atoms with Crippen LogP contribution in [0.5, 0.6) is 0 Å². The molecule has 2 aliphatic heterocycles. The molecule has 0 aromatic heterocycles. The SMILES string of the molecule is CCN1CC2c3ccccc3CN2CC1C. The van der Waals surface area contributed by atoms with Crippen LogP contribution in [0.1, 0.15) is 31.0 Å². The summed E-state index contributed by atoms with van der Waals surface area (Å²) < 4.78 is 0. The minimum atomic E-state index is 0.646. The van der Waals surface area contributed by atoms with E-state index < -0.39 is 0 Å². The summed E-state index contributed by atoms with van der Waals surface area (Å²) in [5, 5.41) is 0. The zero-order valence-electron chi connectivity index (χ0n) is 10.2. The maximum atomic E-state index is 2.64. The molecule has 2 atom stereocenters. The predicted molar refractivity (Wildman–Crippen MR) is 66.3 cm³/mol. The van der Waals surface area contributed by atoms with E-state index in [0.29, 0.717) is 12.1 Å². The third-order valence-electron chi connectivity index (χ3n) is 4.16. The topological polar surface area (TPSA) is 6.48 Å². The second-order valence-corrected chi connectivity index (χ2v) is 5.08. The van der Waals surface area contributed by atoms with Crippen LogP contribution in [0.25, 0.3) is 0 Å². The van der Waals surface area contributed by atoms with Crippen LogP contribution in [0.3, 0.4) is 0 Å². The standard InChI is InChI=1S/C14H20N2/c1-3-15-10-14-13-7-5-4-6-12(13)9-16(14)8-11(15)2/h4-7,11,14H,3,8-10H2,1-2H3. The lowest BCUT2D eigenvalue weighted by molar-refractivity contribution is 0.0455. The zero-order valence-corrected chi connectivity index (χ0v) is 10.2. The highest BCUT2D eigenvalue weighted by Gasteiger charge is 2.36. The molecule has 0 amide bonds. The summed E-state index contributed by atoms with van der Waals surface area (Å²) in [7, 11) is 0. The Bertz CT molecular complexity index is 388. The van der Waals surface area contributed by atoms with Gasteiger partial charge in [-0.3, -0.25) is 9.80 Å². The number of benzene rings is 1. The number of fused-ring (bicyclic) bond motifs is 3. The molecule has 0 radical (unpaired) electrons. The van der Waals surface area contributed by atoms with Gasteiger partial charge in [0.25, 0.3) is 0 Å². The molecule has 2 aliphatic rings. The maximum Gasteiger partial charge on any atom is 0.0482 e. The van der Waals surface area contributed by atoms with E-state index in [1.165, 1.54) is 25.2 Å². The molecule has 0 N–H and O–H groups in total. The molecule has 0 saturated carbocycles. The van der Waals surface area contributed by atoms with E-state index >= 15 is 0 Å². The van der Waals surface area contributed by atoms with Gasteiger partial charge in [0.05, 0.1) is 0 Å². The Morgan fingerprint density at radius 2 is 2.06 bits per heavy atom. The summed E-state index contributed by atoms with van der Waals surface area (Å²) in [5.74, 6) is 0. The number of hydrogen-bond acceptors (Lipinski definition) is 2. The first kappa shape index (κ1) is 10.3. The van der Waals surface area contributed by atoms with Crippen molar-refractivity contribution in [2.24, 2.45) is 0 Å². The number of piperazine rings is 1. The van der Waals surface area contributed by atoms with Gasteiger partial charge in [-0.05, 0) is 24.6 Å². The van der Waals surface area contributed by atoms with Gasteiger partial charge in [0.2, 0.25) is 0 Å². The Morgan fingerprint density at radius 1 is 1.25 bits per heavy atom. The summed E-state index contributed by atoms with van der Waals surface area (Å²) in [6, 6.07) is 10.3. The van der Waals surface area contributed by atoms with Crippen molar-refractivity contribution < 1.29 is 0 Å². The Morgan fingerprint density at radius 3 is 2.88 bits per heavy atom. The highest BCUT2D eigenvalue weighted by molar-refractivity contribution is 5.34. The third-order valence-corrected chi connectivity index (χ3v) is 4.16. The normalized spacial score (nSPS) is 30.1. The van der Waals surface area contributed by atoms with Gasteiger partial charge >= 0.3 is 0 Å². The van der Waals surface area contributed by atoms with Crippen molar-refractivity contribution in [1.82, 2.24) is 9.80 Å². The van der Waals surface area contributed by atoms with Crippen LogP contribution < -0.4 is 0 Å². The maximum absolute atomic E-state index is 2.64. The average molecular weight is 216 g/mol. The highest BCUT2D eigenvalue weighted by Crippen LogP contribution is 2.37. The predicted octanol–water partition coefficient (Wildman–Crippen LogP) is 2.27. The molecule has 0 spiro atoms. The van der Waals surface area contributed by atoms with Crippen molar-refractivity contribution in [2.75, 3.05) is 19.6 Å². The minimum absolute atomic E-state index is 0.646. The average Bonchev–Trinajstić information content (AvgIpc) is 2.65. The molecule has 0 bridgehead atoms. The second kappa shape index (κ2) is 3.86. The lowest BCUT2D eigenvalue weighted by Crippen LogP contribution is -2.50. The van der Waals surface area contributed by atoms with Gasteiger partial charge in [-0.1, -0.05) is 31.2 Å². The first-order valence-corrected chi connectivity index (χ1v) is 6.35. The van der Waals surface area contributed by atoms with Crippen molar-refractivity contribution in [1.29, 1.82) is 0 Å². The second-order valence-electron chi connectivity index (χ2n) is 5.08. The van der Waals surface area contributed by atoms with Crippen LogP contribution in [-0.4, -0.2) is 35.5 Å². The van der Waals surface area contributed by atoms with Crippen LogP contribution in [0.4, 0.5) is 0 Å². The quantitative estimate of drug-likeness (QED) is 0.710. The van der Waals surface area contributed by atoms with E-state index in [0.717, 1.165) is 6.54 Å².